The number of hydrogen-bond donors (Lipinski definition) is 2. The van der Waals surface area contributed by atoms with Crippen LogP contribution in [0.1, 0.15) is 26.2 Å². The van der Waals surface area contributed by atoms with Crippen LogP contribution in [-0.2, 0) is 14.3 Å². The van der Waals surface area contributed by atoms with Gasteiger partial charge < -0.3 is 15.4 Å². The third-order valence-corrected chi connectivity index (χ3v) is 2.13. The fourth-order valence-corrected chi connectivity index (χ4v) is 1.07. The van der Waals surface area contributed by atoms with Gasteiger partial charge in [-0.3, -0.25) is 9.59 Å². The summed E-state index contributed by atoms with van der Waals surface area (Å²) in [7, 11) is 1.31. The number of hydrogen-bond acceptors (Lipinski definition) is 5. The van der Waals surface area contributed by atoms with E-state index in [9.17, 15) is 9.59 Å². The van der Waals surface area contributed by atoms with E-state index in [1.54, 1.807) is 6.07 Å². The Hall–Kier alpha value is -2.03. The van der Waals surface area contributed by atoms with Gasteiger partial charge in [0.2, 0.25) is 0 Å². The Bertz CT molecular complexity index is 345. The fourth-order valence-electron chi connectivity index (χ4n) is 1.07. The van der Waals surface area contributed by atoms with Crippen molar-refractivity contribution in [2.45, 2.75) is 26.2 Å². The maximum absolute atomic E-state index is 11.5. The minimum Gasteiger partial charge on any atom is -0.469 e. The summed E-state index contributed by atoms with van der Waals surface area (Å²) in [6.07, 6.45) is 3.34. The first-order valence-corrected chi connectivity index (χ1v) is 5.84. The molecule has 0 heterocycles. The van der Waals surface area contributed by atoms with Crippen LogP contribution in [-0.4, -0.2) is 32.1 Å². The number of nitriles is 1. The number of esters is 1. The Labute approximate surface area is 107 Å². The average Bonchev–Trinajstić information content (AvgIpc) is 2.38. The highest BCUT2D eigenvalue weighted by atomic mass is 16.5. The van der Waals surface area contributed by atoms with Crippen molar-refractivity contribution in [3.8, 4) is 6.07 Å². The molecule has 0 aliphatic heterocycles. The smallest absolute Gasteiger partial charge is 0.307 e. The molecule has 0 aromatic heterocycles. The number of rotatable bonds is 8. The highest BCUT2D eigenvalue weighted by molar-refractivity contribution is 5.97. The SMILES string of the molecule is CCCCNC(=O)/C(C#N)=C\NCCC(=O)OC. The number of nitrogens with one attached hydrogen (secondary N) is 2. The second-order valence-electron chi connectivity index (χ2n) is 3.56. The van der Waals surface area contributed by atoms with Crippen molar-refractivity contribution in [3.05, 3.63) is 11.8 Å². The number of nitrogens with zero attached hydrogens (tertiary/aromatic N) is 1. The van der Waals surface area contributed by atoms with Crippen LogP contribution in [0.3, 0.4) is 0 Å². The number of carbonyl (C=O) groups is 2. The molecule has 0 saturated heterocycles. The molecule has 0 saturated carbocycles. The van der Waals surface area contributed by atoms with Gasteiger partial charge in [0, 0.05) is 19.3 Å². The van der Waals surface area contributed by atoms with Crippen molar-refractivity contribution in [2.75, 3.05) is 20.2 Å². The molecule has 0 aliphatic carbocycles. The zero-order valence-corrected chi connectivity index (χ0v) is 10.8. The number of ether oxygens (including phenoxy) is 1. The number of carbonyl (C=O) groups excluding carboxylic acids is 2. The highest BCUT2D eigenvalue weighted by Gasteiger charge is 2.07. The molecule has 0 aliphatic rings. The number of methoxy groups -OCH3 is 1. The zero-order valence-electron chi connectivity index (χ0n) is 10.8. The van der Waals surface area contributed by atoms with Gasteiger partial charge in [0.25, 0.3) is 5.91 Å². The summed E-state index contributed by atoms with van der Waals surface area (Å²) >= 11 is 0. The molecule has 6 heteroatoms. The van der Waals surface area contributed by atoms with E-state index in [-0.39, 0.29) is 18.0 Å². The van der Waals surface area contributed by atoms with Crippen molar-refractivity contribution in [2.24, 2.45) is 0 Å². The minimum atomic E-state index is -0.406. The van der Waals surface area contributed by atoms with Crippen LogP contribution >= 0.6 is 0 Å². The third kappa shape index (κ3) is 7.28. The van der Waals surface area contributed by atoms with Gasteiger partial charge in [0.15, 0.2) is 0 Å². The Morgan fingerprint density at radius 1 is 1.39 bits per heavy atom. The van der Waals surface area contributed by atoms with E-state index in [2.05, 4.69) is 15.4 Å². The van der Waals surface area contributed by atoms with Gasteiger partial charge in [-0.15, -0.1) is 0 Å². The summed E-state index contributed by atoms with van der Waals surface area (Å²) in [4.78, 5) is 22.3. The fraction of sp³-hybridized carbons (Fsp3) is 0.583. The normalized spacial score (nSPS) is 10.4. The van der Waals surface area contributed by atoms with Crippen LogP contribution in [0.25, 0.3) is 0 Å². The molecule has 0 rings (SSSR count). The maximum Gasteiger partial charge on any atom is 0.307 e. The molecular weight excluding hydrogens is 234 g/mol. The monoisotopic (exact) mass is 253 g/mol. The van der Waals surface area contributed by atoms with E-state index < -0.39 is 5.91 Å². The predicted molar refractivity (Wildman–Crippen MR) is 66.2 cm³/mol. The van der Waals surface area contributed by atoms with E-state index in [1.807, 2.05) is 6.92 Å². The molecule has 1 amide bonds. The molecule has 0 radical (unpaired) electrons. The molecule has 0 bridgehead atoms. The van der Waals surface area contributed by atoms with Crippen molar-refractivity contribution < 1.29 is 14.3 Å². The van der Waals surface area contributed by atoms with Crippen LogP contribution in [0.2, 0.25) is 0 Å². The Morgan fingerprint density at radius 2 is 2.11 bits per heavy atom. The maximum atomic E-state index is 11.5. The van der Waals surface area contributed by atoms with Crippen LogP contribution in [0.5, 0.6) is 0 Å². The highest BCUT2D eigenvalue weighted by Crippen LogP contribution is 1.92. The van der Waals surface area contributed by atoms with Crippen LogP contribution in [0.4, 0.5) is 0 Å². The first-order chi connectivity index (χ1) is 8.65. The molecule has 0 fully saturated rings. The van der Waals surface area contributed by atoms with Gasteiger partial charge in [0.1, 0.15) is 11.6 Å². The summed E-state index contributed by atoms with van der Waals surface area (Å²) < 4.78 is 4.45. The van der Waals surface area contributed by atoms with E-state index >= 15 is 0 Å². The van der Waals surface area contributed by atoms with Crippen molar-refractivity contribution in [1.82, 2.24) is 10.6 Å². The van der Waals surface area contributed by atoms with Gasteiger partial charge >= 0.3 is 5.97 Å². The first kappa shape index (κ1) is 16.0. The second-order valence-corrected chi connectivity index (χ2v) is 3.56. The Morgan fingerprint density at radius 3 is 2.67 bits per heavy atom. The zero-order chi connectivity index (χ0) is 13.8. The molecule has 100 valence electrons. The third-order valence-electron chi connectivity index (χ3n) is 2.13. The standard InChI is InChI=1S/C12H19N3O3/c1-3-4-6-15-12(17)10(8-13)9-14-7-5-11(16)18-2/h9,14H,3-7H2,1-2H3,(H,15,17)/b10-9-. The Balaban J connectivity index is 4.03. The summed E-state index contributed by atoms with van der Waals surface area (Å²) in [6.45, 7) is 2.89. The Kier molecular flexibility index (Phi) is 9.00. The summed E-state index contributed by atoms with van der Waals surface area (Å²) in [6, 6.07) is 1.80. The summed E-state index contributed by atoms with van der Waals surface area (Å²) in [5, 5.41) is 14.2. The first-order valence-electron chi connectivity index (χ1n) is 5.84. The van der Waals surface area contributed by atoms with Gasteiger partial charge in [0.05, 0.1) is 13.5 Å². The molecule has 0 unspecified atom stereocenters. The van der Waals surface area contributed by atoms with Crippen LogP contribution < -0.4 is 10.6 Å². The lowest BCUT2D eigenvalue weighted by molar-refractivity contribution is -0.140. The molecule has 0 aromatic carbocycles. The molecule has 2 N–H and O–H groups in total. The topological polar surface area (TPSA) is 91.2 Å². The lowest BCUT2D eigenvalue weighted by Crippen LogP contribution is -2.26. The van der Waals surface area contributed by atoms with Gasteiger partial charge in [-0.05, 0) is 6.42 Å². The molecule has 0 aromatic rings. The van der Waals surface area contributed by atoms with E-state index in [1.165, 1.54) is 13.3 Å². The largest absolute Gasteiger partial charge is 0.469 e. The van der Waals surface area contributed by atoms with Gasteiger partial charge in [-0.2, -0.15) is 5.26 Å². The van der Waals surface area contributed by atoms with Crippen LogP contribution in [0, 0.1) is 11.3 Å². The molecule has 6 nitrogen and oxygen atoms in total. The molecule has 0 atom stereocenters. The summed E-state index contributed by atoms with van der Waals surface area (Å²) in [5.74, 6) is -0.752. The average molecular weight is 253 g/mol. The second kappa shape index (κ2) is 10.1. The quantitative estimate of drug-likeness (QED) is 0.284. The van der Waals surface area contributed by atoms with E-state index in [0.717, 1.165) is 12.8 Å². The van der Waals surface area contributed by atoms with Crippen LogP contribution in [0.15, 0.2) is 11.8 Å². The lowest BCUT2D eigenvalue weighted by Gasteiger charge is -2.03. The molecular formula is C12H19N3O3. The minimum absolute atomic E-state index is 0.00373. The van der Waals surface area contributed by atoms with Gasteiger partial charge in [-0.25, -0.2) is 0 Å². The lowest BCUT2D eigenvalue weighted by atomic mass is 10.2. The van der Waals surface area contributed by atoms with Gasteiger partial charge in [-0.1, -0.05) is 13.3 Å². The van der Waals surface area contributed by atoms with Crippen molar-refractivity contribution >= 4 is 11.9 Å². The van der Waals surface area contributed by atoms with E-state index in [4.69, 9.17) is 5.26 Å². The molecule has 0 spiro atoms. The van der Waals surface area contributed by atoms with Crippen molar-refractivity contribution in [1.29, 1.82) is 5.26 Å². The predicted octanol–water partition coefficient (Wildman–Crippen LogP) is 0.463. The summed E-state index contributed by atoms with van der Waals surface area (Å²) in [5.41, 5.74) is -0.00373. The number of amides is 1. The van der Waals surface area contributed by atoms with E-state index in [0.29, 0.717) is 13.1 Å². The van der Waals surface area contributed by atoms with Crippen molar-refractivity contribution in [3.63, 3.8) is 0 Å². The number of unbranched alkanes of at least 4 members (excludes halogenated alkanes) is 1. The molecule has 18 heavy (non-hydrogen) atoms.